The van der Waals surface area contributed by atoms with Crippen molar-refractivity contribution in [2.45, 2.75) is 0 Å². The monoisotopic (exact) mass is 424 g/mol. The number of nitrogen functional groups attached to an aromatic ring is 1. The van der Waals surface area contributed by atoms with E-state index in [9.17, 15) is 4.79 Å². The van der Waals surface area contributed by atoms with E-state index in [2.05, 4.69) is 10.1 Å². The highest BCUT2D eigenvalue weighted by Crippen LogP contribution is 2.32. The number of carbonyl (C=O) groups is 1. The molecule has 2 heterocycles. The van der Waals surface area contributed by atoms with Crippen LogP contribution in [0.1, 0.15) is 16.1 Å². The lowest BCUT2D eigenvalue weighted by Crippen LogP contribution is -2.08. The minimum atomic E-state index is -0.229. The van der Waals surface area contributed by atoms with E-state index < -0.39 is 0 Å². The number of aromatic nitrogens is 3. The predicted molar refractivity (Wildman–Crippen MR) is 123 cm³/mol. The van der Waals surface area contributed by atoms with Crippen LogP contribution in [0.3, 0.4) is 0 Å². The molecule has 0 bridgehead atoms. The summed E-state index contributed by atoms with van der Waals surface area (Å²) >= 11 is 0. The number of anilines is 1. The van der Waals surface area contributed by atoms with Gasteiger partial charge in [0, 0.05) is 17.0 Å². The lowest BCUT2D eigenvalue weighted by Gasteiger charge is -2.13. The van der Waals surface area contributed by atoms with Crippen LogP contribution in [-0.2, 0) is 0 Å². The SMILES string of the molecule is COc1cc(Oc2ccccc2)ccc1-n1ncc(C(=O)c2cc3ccccc3[nH]2)c1N. The maximum absolute atomic E-state index is 13.1. The number of carbonyl (C=O) groups excluding carboxylic acids is 1. The number of rotatable bonds is 6. The molecule has 3 aromatic carbocycles. The largest absolute Gasteiger partial charge is 0.494 e. The summed E-state index contributed by atoms with van der Waals surface area (Å²) in [6.45, 7) is 0. The minimum Gasteiger partial charge on any atom is -0.494 e. The summed E-state index contributed by atoms with van der Waals surface area (Å²) in [5.74, 6) is 1.83. The number of hydrogen-bond acceptors (Lipinski definition) is 5. The van der Waals surface area contributed by atoms with Crippen LogP contribution >= 0.6 is 0 Å². The van der Waals surface area contributed by atoms with Gasteiger partial charge in [-0.1, -0.05) is 36.4 Å². The fraction of sp³-hybridized carbons (Fsp3) is 0.0400. The van der Waals surface area contributed by atoms with Gasteiger partial charge in [0.15, 0.2) is 0 Å². The van der Waals surface area contributed by atoms with Crippen LogP contribution in [0.15, 0.2) is 85.1 Å². The molecule has 5 rings (SSSR count). The normalized spacial score (nSPS) is 10.9. The van der Waals surface area contributed by atoms with E-state index >= 15 is 0 Å². The number of benzene rings is 3. The summed E-state index contributed by atoms with van der Waals surface area (Å²) in [5, 5.41) is 5.30. The number of ketones is 1. The molecule has 0 saturated carbocycles. The Hall–Kier alpha value is -4.52. The van der Waals surface area contributed by atoms with Crippen LogP contribution in [0, 0.1) is 0 Å². The van der Waals surface area contributed by atoms with Crippen molar-refractivity contribution in [2.75, 3.05) is 12.8 Å². The quantitative estimate of drug-likeness (QED) is 0.375. The standard InChI is InChI=1S/C25H20N4O3/c1-31-23-14-18(32-17-8-3-2-4-9-17)11-12-22(23)29-25(26)19(15-27-29)24(30)21-13-16-7-5-6-10-20(16)28-21/h2-15,28H,26H2,1H3. The molecule has 0 atom stereocenters. The Morgan fingerprint density at radius 1 is 0.969 bits per heavy atom. The zero-order chi connectivity index (χ0) is 22.1. The Bertz CT molecular complexity index is 1390. The number of methoxy groups -OCH3 is 1. The highest BCUT2D eigenvalue weighted by molar-refractivity contribution is 6.12. The second kappa shape index (κ2) is 7.96. The van der Waals surface area contributed by atoms with Crippen LogP contribution in [0.2, 0.25) is 0 Å². The number of nitrogens with zero attached hydrogens (tertiary/aromatic N) is 2. The van der Waals surface area contributed by atoms with Crippen molar-refractivity contribution in [3.63, 3.8) is 0 Å². The van der Waals surface area contributed by atoms with Crippen molar-refractivity contribution in [2.24, 2.45) is 0 Å². The topological polar surface area (TPSA) is 95.2 Å². The zero-order valence-corrected chi connectivity index (χ0v) is 17.3. The minimum absolute atomic E-state index is 0.226. The van der Waals surface area contributed by atoms with E-state index in [1.165, 1.54) is 10.9 Å². The van der Waals surface area contributed by atoms with Gasteiger partial charge >= 0.3 is 0 Å². The Morgan fingerprint density at radius 2 is 1.75 bits per heavy atom. The summed E-state index contributed by atoms with van der Waals surface area (Å²) in [6.07, 6.45) is 1.47. The van der Waals surface area contributed by atoms with Gasteiger partial charge in [0.1, 0.15) is 28.8 Å². The Labute approximate surface area is 184 Å². The summed E-state index contributed by atoms with van der Waals surface area (Å²) in [6, 6.07) is 24.3. The highest BCUT2D eigenvalue weighted by Gasteiger charge is 2.21. The molecule has 2 aromatic heterocycles. The van der Waals surface area contributed by atoms with Crippen LogP contribution in [0.25, 0.3) is 16.6 Å². The number of ether oxygens (including phenoxy) is 2. The molecule has 0 saturated heterocycles. The fourth-order valence-corrected chi connectivity index (χ4v) is 3.59. The first-order valence-corrected chi connectivity index (χ1v) is 10.0. The van der Waals surface area contributed by atoms with E-state index in [-0.39, 0.29) is 11.6 Å². The van der Waals surface area contributed by atoms with Crippen molar-refractivity contribution in [1.82, 2.24) is 14.8 Å². The zero-order valence-electron chi connectivity index (χ0n) is 17.3. The van der Waals surface area contributed by atoms with E-state index in [4.69, 9.17) is 15.2 Å². The van der Waals surface area contributed by atoms with Gasteiger partial charge in [0.05, 0.1) is 24.6 Å². The lowest BCUT2D eigenvalue weighted by atomic mass is 10.1. The number of nitrogens with one attached hydrogen (secondary N) is 1. The number of aromatic amines is 1. The molecule has 0 aliphatic carbocycles. The van der Waals surface area contributed by atoms with E-state index in [1.807, 2.05) is 60.7 Å². The molecule has 158 valence electrons. The number of fused-ring (bicyclic) bond motifs is 1. The van der Waals surface area contributed by atoms with Crippen LogP contribution in [-0.4, -0.2) is 27.7 Å². The number of H-pyrrole nitrogens is 1. The molecule has 0 aliphatic rings. The molecule has 32 heavy (non-hydrogen) atoms. The molecule has 3 N–H and O–H groups in total. The van der Waals surface area contributed by atoms with Gasteiger partial charge in [-0.2, -0.15) is 5.10 Å². The van der Waals surface area contributed by atoms with Crippen molar-refractivity contribution in [1.29, 1.82) is 0 Å². The van der Waals surface area contributed by atoms with Gasteiger partial charge in [-0.3, -0.25) is 4.79 Å². The maximum Gasteiger partial charge on any atom is 0.214 e. The molecular weight excluding hydrogens is 404 g/mol. The van der Waals surface area contributed by atoms with Crippen LogP contribution in [0.4, 0.5) is 5.82 Å². The number of para-hydroxylation sites is 2. The van der Waals surface area contributed by atoms with Gasteiger partial charge < -0.3 is 20.2 Å². The first-order chi connectivity index (χ1) is 15.6. The second-order valence-corrected chi connectivity index (χ2v) is 7.20. The average Bonchev–Trinajstić information content (AvgIpc) is 3.43. The van der Waals surface area contributed by atoms with Crippen LogP contribution in [0.5, 0.6) is 17.2 Å². The van der Waals surface area contributed by atoms with Gasteiger partial charge in [-0.25, -0.2) is 4.68 Å². The number of nitrogens with two attached hydrogens (primary N) is 1. The molecule has 0 fully saturated rings. The molecule has 0 aliphatic heterocycles. The molecule has 0 unspecified atom stereocenters. The van der Waals surface area contributed by atoms with Crippen molar-refractivity contribution in [3.05, 3.63) is 96.3 Å². The Balaban J connectivity index is 1.47. The van der Waals surface area contributed by atoms with Gasteiger partial charge in [0.25, 0.3) is 0 Å². The molecular formula is C25H20N4O3. The van der Waals surface area contributed by atoms with Crippen molar-refractivity contribution >= 4 is 22.5 Å². The van der Waals surface area contributed by atoms with Crippen molar-refractivity contribution in [3.8, 4) is 22.9 Å². The molecule has 7 heteroatoms. The summed E-state index contributed by atoms with van der Waals surface area (Å²) in [7, 11) is 1.56. The predicted octanol–water partition coefficient (Wildman–Crippen LogP) is 4.97. The number of hydrogen-bond donors (Lipinski definition) is 2. The second-order valence-electron chi connectivity index (χ2n) is 7.20. The molecule has 7 nitrogen and oxygen atoms in total. The van der Waals surface area contributed by atoms with Crippen molar-refractivity contribution < 1.29 is 14.3 Å². The molecule has 0 spiro atoms. The van der Waals surface area contributed by atoms with Gasteiger partial charge in [-0.05, 0) is 36.4 Å². The molecule has 0 radical (unpaired) electrons. The molecule has 0 amide bonds. The first-order valence-electron chi connectivity index (χ1n) is 10.0. The van der Waals surface area contributed by atoms with Crippen LogP contribution < -0.4 is 15.2 Å². The highest BCUT2D eigenvalue weighted by atomic mass is 16.5. The third-order valence-corrected chi connectivity index (χ3v) is 5.18. The van der Waals surface area contributed by atoms with E-state index in [0.29, 0.717) is 34.2 Å². The van der Waals surface area contributed by atoms with Gasteiger partial charge in [-0.15, -0.1) is 0 Å². The third kappa shape index (κ3) is 3.45. The average molecular weight is 424 g/mol. The van der Waals surface area contributed by atoms with E-state index in [1.54, 1.807) is 25.3 Å². The Kier molecular flexibility index (Phi) is 4.84. The third-order valence-electron chi connectivity index (χ3n) is 5.18. The Morgan fingerprint density at radius 3 is 2.53 bits per heavy atom. The van der Waals surface area contributed by atoms with E-state index in [0.717, 1.165) is 10.9 Å². The fourth-order valence-electron chi connectivity index (χ4n) is 3.59. The summed E-state index contributed by atoms with van der Waals surface area (Å²) < 4.78 is 12.9. The first kappa shape index (κ1) is 19.4. The summed E-state index contributed by atoms with van der Waals surface area (Å²) in [4.78, 5) is 16.2. The maximum atomic E-state index is 13.1. The lowest BCUT2D eigenvalue weighted by molar-refractivity contribution is 0.103. The van der Waals surface area contributed by atoms with Gasteiger partial charge in [0.2, 0.25) is 5.78 Å². The smallest absolute Gasteiger partial charge is 0.214 e. The summed E-state index contributed by atoms with van der Waals surface area (Å²) in [5.41, 5.74) is 8.58. The molecule has 5 aromatic rings.